The average molecular weight is 617 g/mol. The molecule has 0 aromatic heterocycles. The highest BCUT2D eigenvalue weighted by molar-refractivity contribution is 6.31. The maximum atomic E-state index is 14.1. The fourth-order valence-corrected chi connectivity index (χ4v) is 8.21. The van der Waals surface area contributed by atoms with Crippen LogP contribution in [0.15, 0.2) is 84.9 Å². The van der Waals surface area contributed by atoms with Crippen LogP contribution in [0.4, 0.5) is 11.4 Å². The number of aryl methyl sites for hydroxylation is 1. The Morgan fingerprint density at radius 3 is 1.89 bits per heavy atom. The third-order valence-corrected chi connectivity index (χ3v) is 10.5. The Bertz CT molecular complexity index is 1850. The second-order valence-corrected chi connectivity index (χ2v) is 12.8. The third-order valence-electron chi connectivity index (χ3n) is 10.1. The molecule has 4 aromatic rings. The van der Waals surface area contributed by atoms with Gasteiger partial charge in [-0.2, -0.15) is 0 Å². The summed E-state index contributed by atoms with van der Waals surface area (Å²) >= 11 is 6.26. The van der Waals surface area contributed by atoms with E-state index < -0.39 is 23.7 Å². The van der Waals surface area contributed by atoms with Gasteiger partial charge in [-0.25, -0.2) is 4.90 Å². The minimum Gasteiger partial charge on any atom is -0.426 e. The van der Waals surface area contributed by atoms with Crippen molar-refractivity contribution in [2.24, 2.45) is 17.8 Å². The Morgan fingerprint density at radius 1 is 0.756 bits per heavy atom. The lowest BCUT2D eigenvalue weighted by Gasteiger charge is -2.45. The van der Waals surface area contributed by atoms with Gasteiger partial charge in [-0.15, -0.1) is 0 Å². The van der Waals surface area contributed by atoms with E-state index in [4.69, 9.17) is 16.3 Å². The van der Waals surface area contributed by atoms with E-state index in [1.54, 1.807) is 42.2 Å². The highest BCUT2D eigenvalue weighted by Crippen LogP contribution is 2.61. The SMILES string of the molecule is Cc1cc(OC(=O)[C@@H]2CC(=O)N(c3cccc(Cl)c3C)C2)ccc1N1C(=O)[C@@H]2C3c4ccccc4C(c4ccccc43)[C@H]2C1=O. The molecule has 3 amide bonds. The van der Waals surface area contributed by atoms with Gasteiger partial charge in [-0.1, -0.05) is 66.2 Å². The predicted octanol–water partition coefficient (Wildman–Crippen LogP) is 6.31. The molecule has 2 aliphatic heterocycles. The molecule has 8 heteroatoms. The van der Waals surface area contributed by atoms with Crippen LogP contribution in [0.2, 0.25) is 5.02 Å². The molecule has 3 atom stereocenters. The van der Waals surface area contributed by atoms with E-state index >= 15 is 0 Å². The number of ether oxygens (including phenoxy) is 1. The predicted molar refractivity (Wildman–Crippen MR) is 170 cm³/mol. The fraction of sp³-hybridized carbons (Fsp3) is 0.243. The molecular formula is C37H29ClN2O5. The summed E-state index contributed by atoms with van der Waals surface area (Å²) in [5.74, 6) is -2.73. The lowest BCUT2D eigenvalue weighted by molar-refractivity contribution is -0.139. The van der Waals surface area contributed by atoms with E-state index in [9.17, 15) is 19.2 Å². The van der Waals surface area contributed by atoms with Crippen molar-refractivity contribution >= 4 is 46.7 Å². The number of rotatable bonds is 4. The highest BCUT2D eigenvalue weighted by Gasteiger charge is 2.61. The van der Waals surface area contributed by atoms with Crippen LogP contribution >= 0.6 is 11.6 Å². The maximum absolute atomic E-state index is 14.1. The summed E-state index contributed by atoms with van der Waals surface area (Å²) in [5.41, 5.74) is 7.09. The van der Waals surface area contributed by atoms with E-state index in [2.05, 4.69) is 24.3 Å². The number of imide groups is 1. The minimum absolute atomic E-state index is 0.0362. The molecule has 0 saturated carbocycles. The van der Waals surface area contributed by atoms with Crippen molar-refractivity contribution in [3.63, 3.8) is 0 Å². The first kappa shape index (κ1) is 27.8. The van der Waals surface area contributed by atoms with Crippen molar-refractivity contribution in [3.05, 3.63) is 123 Å². The first-order valence-electron chi connectivity index (χ1n) is 15.2. The van der Waals surface area contributed by atoms with Crippen LogP contribution in [-0.4, -0.2) is 30.2 Å². The topological polar surface area (TPSA) is 84.0 Å². The summed E-state index contributed by atoms with van der Waals surface area (Å²) in [5, 5.41) is 0.554. The number of hydrogen-bond donors (Lipinski definition) is 0. The van der Waals surface area contributed by atoms with Gasteiger partial charge < -0.3 is 9.64 Å². The number of hydrogen-bond acceptors (Lipinski definition) is 5. The van der Waals surface area contributed by atoms with Gasteiger partial charge in [0.1, 0.15) is 5.75 Å². The van der Waals surface area contributed by atoms with E-state index in [1.165, 1.54) is 4.90 Å². The normalized spacial score (nSPS) is 24.5. The van der Waals surface area contributed by atoms with Gasteiger partial charge >= 0.3 is 5.97 Å². The second-order valence-electron chi connectivity index (χ2n) is 12.4. The number of esters is 1. The zero-order chi connectivity index (χ0) is 31.1. The van der Waals surface area contributed by atoms with E-state index in [-0.39, 0.29) is 42.5 Å². The van der Waals surface area contributed by atoms with Crippen molar-refractivity contribution in [3.8, 4) is 5.75 Å². The number of amides is 3. The first-order valence-corrected chi connectivity index (χ1v) is 15.6. The fourth-order valence-electron chi connectivity index (χ4n) is 8.04. The van der Waals surface area contributed by atoms with Gasteiger partial charge in [-0.05, 0) is 77.6 Å². The number of carbonyl (C=O) groups excluding carboxylic acids is 4. The number of halogens is 1. The van der Waals surface area contributed by atoms with Crippen molar-refractivity contribution in [1.29, 1.82) is 0 Å². The number of anilines is 2. The zero-order valence-corrected chi connectivity index (χ0v) is 25.5. The molecule has 2 saturated heterocycles. The van der Waals surface area contributed by atoms with Gasteiger partial charge in [0.25, 0.3) is 0 Å². The molecule has 2 bridgehead atoms. The van der Waals surface area contributed by atoms with Gasteiger partial charge in [-0.3, -0.25) is 19.2 Å². The third kappa shape index (κ3) is 4.03. The van der Waals surface area contributed by atoms with E-state index in [1.807, 2.05) is 37.3 Å². The Morgan fingerprint density at radius 2 is 1.33 bits per heavy atom. The molecule has 7 nitrogen and oxygen atoms in total. The molecule has 3 aliphatic carbocycles. The molecule has 0 N–H and O–H groups in total. The molecule has 5 aliphatic rings. The Hall–Kier alpha value is -4.75. The van der Waals surface area contributed by atoms with Crippen LogP contribution in [0, 0.1) is 31.6 Å². The molecule has 0 unspecified atom stereocenters. The number of benzene rings is 4. The first-order chi connectivity index (χ1) is 21.7. The summed E-state index contributed by atoms with van der Waals surface area (Å²) in [6, 6.07) is 26.6. The molecule has 224 valence electrons. The van der Waals surface area contributed by atoms with Crippen LogP contribution in [-0.2, 0) is 19.2 Å². The lowest BCUT2D eigenvalue weighted by atomic mass is 9.55. The molecule has 0 spiro atoms. The van der Waals surface area contributed by atoms with Crippen molar-refractivity contribution < 1.29 is 23.9 Å². The smallest absolute Gasteiger partial charge is 0.316 e. The van der Waals surface area contributed by atoms with Crippen molar-refractivity contribution in [2.45, 2.75) is 32.1 Å². The monoisotopic (exact) mass is 616 g/mol. The summed E-state index contributed by atoms with van der Waals surface area (Å²) in [6.07, 6.45) is 0.0362. The molecule has 0 radical (unpaired) electrons. The van der Waals surface area contributed by atoms with Crippen LogP contribution < -0.4 is 14.5 Å². The highest BCUT2D eigenvalue weighted by atomic mass is 35.5. The van der Waals surface area contributed by atoms with E-state index in [0.29, 0.717) is 27.7 Å². The van der Waals surface area contributed by atoms with Crippen LogP contribution in [0.3, 0.4) is 0 Å². The number of carbonyl (C=O) groups is 4. The maximum Gasteiger partial charge on any atom is 0.316 e. The molecule has 4 aromatic carbocycles. The van der Waals surface area contributed by atoms with Gasteiger partial charge in [0, 0.05) is 35.5 Å². The van der Waals surface area contributed by atoms with Crippen molar-refractivity contribution in [2.75, 3.05) is 16.3 Å². The van der Waals surface area contributed by atoms with E-state index in [0.717, 1.165) is 27.8 Å². The van der Waals surface area contributed by atoms with Gasteiger partial charge in [0.05, 0.1) is 23.4 Å². The standard InChI is InChI=1S/C37H29ClN2O5/c1-19-16-22(45-37(44)21-17-30(41)39(18-21)29-13-7-12-27(38)20(29)2)14-15-28(19)40-35(42)33-31-23-8-3-4-9-24(23)32(34(33)36(40)43)26-11-6-5-10-25(26)31/h3-16,21,31-34H,17-18H2,1-2H3/t21-,31?,32?,33-,34-/m1/s1. The average Bonchev–Trinajstić information content (AvgIpc) is 3.55. The summed E-state index contributed by atoms with van der Waals surface area (Å²) in [7, 11) is 0. The summed E-state index contributed by atoms with van der Waals surface area (Å²) < 4.78 is 5.73. The van der Waals surface area contributed by atoms with Gasteiger partial charge in [0.15, 0.2) is 0 Å². The Balaban J connectivity index is 1.04. The lowest BCUT2D eigenvalue weighted by Crippen LogP contribution is -2.41. The quantitative estimate of drug-likeness (QED) is 0.152. The van der Waals surface area contributed by atoms with Gasteiger partial charge in [0.2, 0.25) is 17.7 Å². The molecular weight excluding hydrogens is 588 g/mol. The zero-order valence-electron chi connectivity index (χ0n) is 24.7. The minimum atomic E-state index is -0.639. The van der Waals surface area contributed by atoms with Crippen LogP contribution in [0.25, 0.3) is 0 Å². The molecule has 2 fully saturated rings. The summed E-state index contributed by atoms with van der Waals surface area (Å²) in [4.78, 5) is 57.2. The van der Waals surface area contributed by atoms with Crippen LogP contribution in [0.1, 0.15) is 51.6 Å². The number of nitrogens with zero attached hydrogens (tertiary/aromatic N) is 2. The Kier molecular flexibility index (Phi) is 6.26. The molecule has 9 rings (SSSR count). The van der Waals surface area contributed by atoms with Crippen molar-refractivity contribution in [1.82, 2.24) is 0 Å². The molecule has 45 heavy (non-hydrogen) atoms. The largest absolute Gasteiger partial charge is 0.426 e. The summed E-state index contributed by atoms with van der Waals surface area (Å²) in [6.45, 7) is 3.84. The van der Waals surface area contributed by atoms with Crippen LogP contribution in [0.5, 0.6) is 5.75 Å². The Labute approximate surface area is 265 Å². The molecule has 2 heterocycles. The second kappa shape index (κ2) is 10.1.